The monoisotopic (exact) mass is 235 g/mol. The van der Waals surface area contributed by atoms with Crippen LogP contribution in [0.15, 0.2) is 18.3 Å². The zero-order chi connectivity index (χ0) is 12.3. The SMILES string of the molecule is CCOc1cccnc1NC(C)(CN)C1CC1. The number of anilines is 1. The van der Waals surface area contributed by atoms with Crippen molar-refractivity contribution in [2.45, 2.75) is 32.2 Å². The van der Waals surface area contributed by atoms with Crippen LogP contribution in [-0.4, -0.2) is 23.7 Å². The third kappa shape index (κ3) is 2.69. The first-order chi connectivity index (χ1) is 8.19. The van der Waals surface area contributed by atoms with E-state index in [9.17, 15) is 0 Å². The van der Waals surface area contributed by atoms with Crippen LogP contribution in [0.5, 0.6) is 5.75 Å². The van der Waals surface area contributed by atoms with Gasteiger partial charge in [-0.1, -0.05) is 0 Å². The van der Waals surface area contributed by atoms with Crippen LogP contribution in [0.4, 0.5) is 5.82 Å². The smallest absolute Gasteiger partial charge is 0.169 e. The minimum Gasteiger partial charge on any atom is -0.490 e. The Bertz CT molecular complexity index is 379. The van der Waals surface area contributed by atoms with Crippen LogP contribution < -0.4 is 15.8 Å². The molecular weight excluding hydrogens is 214 g/mol. The highest BCUT2D eigenvalue weighted by Crippen LogP contribution is 2.41. The molecule has 0 spiro atoms. The maximum Gasteiger partial charge on any atom is 0.169 e. The van der Waals surface area contributed by atoms with Gasteiger partial charge < -0.3 is 15.8 Å². The third-order valence-electron chi connectivity index (χ3n) is 3.38. The highest BCUT2D eigenvalue weighted by atomic mass is 16.5. The summed E-state index contributed by atoms with van der Waals surface area (Å²) < 4.78 is 5.56. The molecule has 0 saturated heterocycles. The summed E-state index contributed by atoms with van der Waals surface area (Å²) in [7, 11) is 0. The quantitative estimate of drug-likeness (QED) is 0.792. The van der Waals surface area contributed by atoms with Gasteiger partial charge in [0.2, 0.25) is 0 Å². The number of nitrogens with one attached hydrogen (secondary N) is 1. The first kappa shape index (κ1) is 12.2. The summed E-state index contributed by atoms with van der Waals surface area (Å²) in [6.07, 6.45) is 4.27. The van der Waals surface area contributed by atoms with Crippen molar-refractivity contribution in [3.8, 4) is 5.75 Å². The van der Waals surface area contributed by atoms with Gasteiger partial charge in [0.25, 0.3) is 0 Å². The van der Waals surface area contributed by atoms with E-state index in [2.05, 4.69) is 17.2 Å². The Morgan fingerprint density at radius 2 is 2.35 bits per heavy atom. The number of rotatable bonds is 6. The van der Waals surface area contributed by atoms with E-state index in [1.807, 2.05) is 19.1 Å². The van der Waals surface area contributed by atoms with E-state index in [1.54, 1.807) is 6.20 Å². The summed E-state index contributed by atoms with van der Waals surface area (Å²) in [5, 5.41) is 3.46. The number of pyridine rings is 1. The van der Waals surface area contributed by atoms with Gasteiger partial charge in [0, 0.05) is 12.7 Å². The van der Waals surface area contributed by atoms with Crippen LogP contribution in [0.1, 0.15) is 26.7 Å². The summed E-state index contributed by atoms with van der Waals surface area (Å²) in [6.45, 7) is 5.39. The van der Waals surface area contributed by atoms with Crippen LogP contribution in [0.2, 0.25) is 0 Å². The van der Waals surface area contributed by atoms with Gasteiger partial charge >= 0.3 is 0 Å². The Morgan fingerprint density at radius 3 is 2.94 bits per heavy atom. The van der Waals surface area contributed by atoms with E-state index < -0.39 is 0 Å². The molecule has 1 aliphatic carbocycles. The molecule has 1 saturated carbocycles. The molecule has 1 aromatic heterocycles. The molecule has 1 fully saturated rings. The number of nitrogens with two attached hydrogens (primary N) is 1. The minimum atomic E-state index is -0.0692. The largest absolute Gasteiger partial charge is 0.490 e. The lowest BCUT2D eigenvalue weighted by Gasteiger charge is -2.30. The molecule has 1 aliphatic rings. The van der Waals surface area contributed by atoms with Crippen molar-refractivity contribution < 1.29 is 4.74 Å². The van der Waals surface area contributed by atoms with Gasteiger partial charge in [0.05, 0.1) is 12.1 Å². The Kier molecular flexibility index (Phi) is 3.52. The fraction of sp³-hybridized carbons (Fsp3) is 0.615. The molecular formula is C13H21N3O. The van der Waals surface area contributed by atoms with Crippen LogP contribution in [-0.2, 0) is 0 Å². The van der Waals surface area contributed by atoms with E-state index >= 15 is 0 Å². The van der Waals surface area contributed by atoms with Crippen molar-refractivity contribution in [2.75, 3.05) is 18.5 Å². The molecule has 0 aliphatic heterocycles. The Labute approximate surface area is 103 Å². The van der Waals surface area contributed by atoms with Gasteiger partial charge in [-0.15, -0.1) is 0 Å². The molecule has 1 aromatic rings. The van der Waals surface area contributed by atoms with E-state index in [4.69, 9.17) is 10.5 Å². The zero-order valence-electron chi connectivity index (χ0n) is 10.6. The summed E-state index contributed by atoms with van der Waals surface area (Å²) >= 11 is 0. The van der Waals surface area contributed by atoms with Gasteiger partial charge in [-0.2, -0.15) is 0 Å². The second-order valence-electron chi connectivity index (χ2n) is 4.80. The number of ether oxygens (including phenoxy) is 1. The summed E-state index contributed by atoms with van der Waals surface area (Å²) in [5.74, 6) is 2.26. The minimum absolute atomic E-state index is 0.0692. The topological polar surface area (TPSA) is 60.2 Å². The first-order valence-electron chi connectivity index (χ1n) is 6.25. The average Bonchev–Trinajstić information content (AvgIpc) is 3.16. The standard InChI is InChI=1S/C13H21N3O/c1-3-17-11-5-4-8-15-12(11)16-13(2,9-14)10-6-7-10/h4-5,8,10H,3,6-7,9,14H2,1-2H3,(H,15,16). The van der Waals surface area contributed by atoms with Crippen molar-refractivity contribution in [2.24, 2.45) is 11.7 Å². The molecule has 0 aromatic carbocycles. The number of hydrogen-bond donors (Lipinski definition) is 2. The maximum atomic E-state index is 5.89. The fourth-order valence-electron chi connectivity index (χ4n) is 2.07. The van der Waals surface area contributed by atoms with Crippen molar-refractivity contribution in [1.29, 1.82) is 0 Å². The van der Waals surface area contributed by atoms with Crippen molar-refractivity contribution in [3.63, 3.8) is 0 Å². The second kappa shape index (κ2) is 4.92. The van der Waals surface area contributed by atoms with Crippen molar-refractivity contribution in [3.05, 3.63) is 18.3 Å². The van der Waals surface area contributed by atoms with Gasteiger partial charge in [0.1, 0.15) is 0 Å². The zero-order valence-corrected chi connectivity index (χ0v) is 10.6. The van der Waals surface area contributed by atoms with E-state index in [0.717, 1.165) is 11.6 Å². The van der Waals surface area contributed by atoms with Gasteiger partial charge in [0.15, 0.2) is 11.6 Å². The highest BCUT2D eigenvalue weighted by Gasteiger charge is 2.41. The average molecular weight is 235 g/mol. The maximum absolute atomic E-state index is 5.89. The second-order valence-corrected chi connectivity index (χ2v) is 4.80. The summed E-state index contributed by atoms with van der Waals surface area (Å²) in [6, 6.07) is 3.82. The van der Waals surface area contributed by atoms with E-state index in [-0.39, 0.29) is 5.54 Å². The molecule has 4 nitrogen and oxygen atoms in total. The molecule has 17 heavy (non-hydrogen) atoms. The van der Waals surface area contributed by atoms with Gasteiger partial charge in [-0.3, -0.25) is 0 Å². The number of nitrogens with zero attached hydrogens (tertiary/aromatic N) is 1. The molecule has 0 bridgehead atoms. The van der Waals surface area contributed by atoms with E-state index in [1.165, 1.54) is 12.8 Å². The normalized spacial score (nSPS) is 18.5. The molecule has 1 atom stereocenters. The van der Waals surface area contributed by atoms with Crippen LogP contribution >= 0.6 is 0 Å². The number of hydrogen-bond acceptors (Lipinski definition) is 4. The van der Waals surface area contributed by atoms with Gasteiger partial charge in [-0.25, -0.2) is 4.98 Å². The molecule has 0 radical (unpaired) electrons. The molecule has 94 valence electrons. The predicted octanol–water partition coefficient (Wildman–Crippen LogP) is 2.02. The van der Waals surface area contributed by atoms with Crippen LogP contribution in [0.3, 0.4) is 0 Å². The lowest BCUT2D eigenvalue weighted by Crippen LogP contribution is -2.45. The lowest BCUT2D eigenvalue weighted by molar-refractivity contribution is 0.338. The van der Waals surface area contributed by atoms with Crippen molar-refractivity contribution in [1.82, 2.24) is 4.98 Å². The molecule has 4 heteroatoms. The molecule has 0 amide bonds. The lowest BCUT2D eigenvalue weighted by atomic mass is 9.96. The first-order valence-corrected chi connectivity index (χ1v) is 6.25. The van der Waals surface area contributed by atoms with Crippen LogP contribution in [0, 0.1) is 5.92 Å². The van der Waals surface area contributed by atoms with Crippen LogP contribution in [0.25, 0.3) is 0 Å². The Balaban J connectivity index is 2.16. The third-order valence-corrected chi connectivity index (χ3v) is 3.38. The molecule has 2 rings (SSSR count). The van der Waals surface area contributed by atoms with E-state index in [0.29, 0.717) is 19.1 Å². The summed E-state index contributed by atoms with van der Waals surface area (Å²) in [4.78, 5) is 4.35. The molecule has 1 unspecified atom stereocenters. The number of aromatic nitrogens is 1. The highest BCUT2D eigenvalue weighted by molar-refractivity contribution is 5.51. The fourth-order valence-corrected chi connectivity index (χ4v) is 2.07. The predicted molar refractivity (Wildman–Crippen MR) is 69.2 cm³/mol. The Hall–Kier alpha value is -1.29. The Morgan fingerprint density at radius 1 is 1.59 bits per heavy atom. The summed E-state index contributed by atoms with van der Waals surface area (Å²) in [5.41, 5.74) is 5.82. The van der Waals surface area contributed by atoms with Gasteiger partial charge in [-0.05, 0) is 44.7 Å². The van der Waals surface area contributed by atoms with Crippen molar-refractivity contribution >= 4 is 5.82 Å². The molecule has 1 heterocycles. The molecule has 3 N–H and O–H groups in total.